The van der Waals surface area contributed by atoms with Gasteiger partial charge in [-0.15, -0.1) is 5.10 Å². The van der Waals surface area contributed by atoms with Gasteiger partial charge < -0.3 is 10.1 Å². The molecule has 0 saturated carbocycles. The quantitative estimate of drug-likeness (QED) is 0.225. The SMILES string of the molecule is Cc1ccc(OCC(F)(F)F)c(N2C(=O)CS/C2=N\C(=O)Nc2ccc(-c3ncn(-c4cccc(C(F)(F)F)c4)n3)cc2F)c1. The van der Waals surface area contributed by atoms with Crippen LogP contribution in [-0.4, -0.2) is 50.4 Å². The molecule has 0 aliphatic carbocycles. The Balaban J connectivity index is 1.33. The zero-order valence-electron chi connectivity index (χ0n) is 22.8. The molecule has 234 valence electrons. The fourth-order valence-corrected chi connectivity index (χ4v) is 4.95. The fourth-order valence-electron chi connectivity index (χ4n) is 4.10. The number of aryl methyl sites for hydroxylation is 1. The van der Waals surface area contributed by atoms with E-state index in [2.05, 4.69) is 20.4 Å². The molecule has 17 heteroatoms. The number of nitrogens with zero attached hydrogens (tertiary/aromatic N) is 5. The minimum Gasteiger partial charge on any atom is -0.482 e. The largest absolute Gasteiger partial charge is 0.482 e. The highest BCUT2D eigenvalue weighted by atomic mass is 32.2. The monoisotopic (exact) mass is 652 g/mol. The molecule has 1 N–H and O–H groups in total. The molecule has 3 amide bonds. The number of benzene rings is 3. The number of aromatic nitrogens is 3. The Kier molecular flexibility index (Phi) is 8.55. The summed E-state index contributed by atoms with van der Waals surface area (Å²) in [5.41, 5.74) is -0.423. The van der Waals surface area contributed by atoms with Crippen molar-refractivity contribution in [3.05, 3.63) is 83.9 Å². The van der Waals surface area contributed by atoms with E-state index in [1.807, 2.05) is 0 Å². The van der Waals surface area contributed by atoms with E-state index in [0.29, 0.717) is 5.56 Å². The average Bonchev–Trinajstić information content (AvgIpc) is 3.60. The number of hydrogen-bond donors (Lipinski definition) is 1. The van der Waals surface area contributed by atoms with Crippen molar-refractivity contribution in [1.29, 1.82) is 0 Å². The molecule has 45 heavy (non-hydrogen) atoms. The van der Waals surface area contributed by atoms with Crippen molar-refractivity contribution < 1.29 is 45.1 Å². The second-order valence-corrected chi connectivity index (χ2v) is 10.4. The zero-order valence-corrected chi connectivity index (χ0v) is 23.6. The normalized spacial score (nSPS) is 14.7. The summed E-state index contributed by atoms with van der Waals surface area (Å²) in [5.74, 6) is -1.93. The predicted octanol–water partition coefficient (Wildman–Crippen LogP) is 7.01. The number of alkyl halides is 6. The summed E-state index contributed by atoms with van der Waals surface area (Å²) in [5, 5.41) is 6.18. The van der Waals surface area contributed by atoms with Gasteiger partial charge >= 0.3 is 18.4 Å². The number of amides is 3. The van der Waals surface area contributed by atoms with Crippen LogP contribution in [0, 0.1) is 12.7 Å². The van der Waals surface area contributed by atoms with Gasteiger partial charge in [-0.2, -0.15) is 31.3 Å². The van der Waals surface area contributed by atoms with E-state index >= 15 is 0 Å². The topological polar surface area (TPSA) is 102 Å². The Hall–Kier alpha value is -4.93. The third-order valence-corrected chi connectivity index (χ3v) is 7.03. The first kappa shape index (κ1) is 31.5. The van der Waals surface area contributed by atoms with Gasteiger partial charge in [-0.05, 0) is 61.0 Å². The summed E-state index contributed by atoms with van der Waals surface area (Å²) in [6.45, 7) is 0.0352. The van der Waals surface area contributed by atoms with Crippen LogP contribution in [0.15, 0.2) is 72.0 Å². The number of nitrogens with one attached hydrogen (secondary N) is 1. The highest BCUT2D eigenvalue weighted by Crippen LogP contribution is 2.36. The number of ether oxygens (including phenoxy) is 1. The summed E-state index contributed by atoms with van der Waals surface area (Å²) < 4.78 is 98.5. The third-order valence-electron chi connectivity index (χ3n) is 6.11. The minimum atomic E-state index is -4.64. The molecular formula is C28H19F7N6O3S. The Bertz CT molecular complexity index is 1810. The maximum Gasteiger partial charge on any atom is 0.422 e. The molecule has 1 fully saturated rings. The maximum atomic E-state index is 15.0. The van der Waals surface area contributed by atoms with Gasteiger partial charge in [0.25, 0.3) is 0 Å². The standard InChI is InChI=1S/C28H19F7N6O3S/c1-15-5-8-22(44-13-27(30,31)32)21(9-15)41-23(42)12-45-26(41)38-25(43)37-20-7-6-16(10-19(20)29)24-36-14-40(39-24)18-4-2-3-17(11-18)28(33,34)35/h2-11,14H,12-13H2,1H3,(H,37,43)/b38-26-. The second-order valence-electron chi connectivity index (χ2n) is 9.47. The molecule has 9 nitrogen and oxygen atoms in total. The van der Waals surface area contributed by atoms with Crippen molar-refractivity contribution in [2.75, 3.05) is 22.6 Å². The molecule has 5 rings (SSSR count). The predicted molar refractivity (Wildman–Crippen MR) is 151 cm³/mol. The number of aliphatic imine (C=N–C) groups is 1. The number of halogens is 7. The summed E-state index contributed by atoms with van der Waals surface area (Å²) >= 11 is 0.850. The first-order chi connectivity index (χ1) is 21.2. The Morgan fingerprint density at radius 2 is 1.84 bits per heavy atom. The molecule has 4 aromatic rings. The third kappa shape index (κ3) is 7.42. The lowest BCUT2D eigenvalue weighted by Gasteiger charge is -2.21. The molecule has 0 radical (unpaired) electrons. The van der Waals surface area contributed by atoms with Crippen molar-refractivity contribution in [3.63, 3.8) is 0 Å². The lowest BCUT2D eigenvalue weighted by molar-refractivity contribution is -0.153. The maximum absolute atomic E-state index is 15.0. The molecule has 1 aliphatic rings. The zero-order chi connectivity index (χ0) is 32.5. The van der Waals surface area contributed by atoms with Crippen LogP contribution in [0.4, 0.5) is 46.9 Å². The number of thioether (sulfide) groups is 1. The summed E-state index contributed by atoms with van der Waals surface area (Å²) in [7, 11) is 0. The Morgan fingerprint density at radius 3 is 2.56 bits per heavy atom. The lowest BCUT2D eigenvalue weighted by Crippen LogP contribution is -2.31. The first-order valence-electron chi connectivity index (χ1n) is 12.7. The molecule has 0 bridgehead atoms. The summed E-state index contributed by atoms with van der Waals surface area (Å²) in [4.78, 5) is 34.2. The molecular weight excluding hydrogens is 633 g/mol. The number of rotatable bonds is 6. The van der Waals surface area contributed by atoms with Crippen LogP contribution in [0.2, 0.25) is 0 Å². The molecule has 1 saturated heterocycles. The molecule has 1 aromatic heterocycles. The number of amidine groups is 1. The van der Waals surface area contributed by atoms with E-state index in [0.717, 1.165) is 45.9 Å². The van der Waals surface area contributed by atoms with E-state index in [1.165, 1.54) is 42.5 Å². The van der Waals surface area contributed by atoms with Gasteiger partial charge in [0.1, 0.15) is 17.9 Å². The van der Waals surface area contributed by atoms with Crippen molar-refractivity contribution >= 4 is 40.2 Å². The van der Waals surface area contributed by atoms with Crippen molar-refractivity contribution in [3.8, 4) is 22.8 Å². The molecule has 3 aromatic carbocycles. The van der Waals surface area contributed by atoms with Crippen molar-refractivity contribution in [2.24, 2.45) is 4.99 Å². The van der Waals surface area contributed by atoms with E-state index in [4.69, 9.17) is 4.74 Å². The van der Waals surface area contributed by atoms with Gasteiger partial charge in [0.2, 0.25) is 5.91 Å². The van der Waals surface area contributed by atoms with E-state index in [9.17, 15) is 40.3 Å². The van der Waals surface area contributed by atoms with Crippen LogP contribution in [-0.2, 0) is 11.0 Å². The van der Waals surface area contributed by atoms with Gasteiger partial charge in [0.15, 0.2) is 17.6 Å². The molecule has 0 spiro atoms. The van der Waals surface area contributed by atoms with Gasteiger partial charge in [0, 0.05) is 5.56 Å². The van der Waals surface area contributed by atoms with Crippen LogP contribution >= 0.6 is 11.8 Å². The average molecular weight is 653 g/mol. The second kappa shape index (κ2) is 12.2. The van der Waals surface area contributed by atoms with E-state index in [-0.39, 0.29) is 45.1 Å². The van der Waals surface area contributed by atoms with Crippen LogP contribution < -0.4 is 15.0 Å². The molecule has 0 unspecified atom stereocenters. The van der Waals surface area contributed by atoms with Crippen molar-refractivity contribution in [2.45, 2.75) is 19.3 Å². The van der Waals surface area contributed by atoms with Crippen LogP contribution in [0.1, 0.15) is 11.1 Å². The molecule has 2 heterocycles. The highest BCUT2D eigenvalue weighted by Gasteiger charge is 2.35. The lowest BCUT2D eigenvalue weighted by atomic mass is 10.2. The van der Waals surface area contributed by atoms with Gasteiger partial charge in [-0.3, -0.25) is 9.69 Å². The summed E-state index contributed by atoms with van der Waals surface area (Å²) in [6.07, 6.45) is -8.04. The van der Waals surface area contributed by atoms with Crippen molar-refractivity contribution in [1.82, 2.24) is 14.8 Å². The molecule has 0 atom stereocenters. The Labute approximate surface area is 253 Å². The van der Waals surface area contributed by atoms with E-state index in [1.54, 1.807) is 6.92 Å². The van der Waals surface area contributed by atoms with Crippen LogP contribution in [0.5, 0.6) is 5.75 Å². The van der Waals surface area contributed by atoms with Gasteiger partial charge in [-0.1, -0.05) is 23.9 Å². The smallest absolute Gasteiger partial charge is 0.422 e. The van der Waals surface area contributed by atoms with Crippen LogP contribution in [0.3, 0.4) is 0 Å². The number of urea groups is 1. The van der Waals surface area contributed by atoms with E-state index < -0.39 is 42.3 Å². The molecule has 1 aliphatic heterocycles. The van der Waals surface area contributed by atoms with Gasteiger partial charge in [-0.25, -0.2) is 18.9 Å². The number of anilines is 2. The number of carbonyl (C=O) groups is 2. The summed E-state index contributed by atoms with van der Waals surface area (Å²) in [6, 6.07) is 11.0. The number of carbonyl (C=O) groups excluding carboxylic acids is 2. The number of hydrogen-bond acceptors (Lipinski definition) is 6. The Morgan fingerprint density at radius 1 is 1.07 bits per heavy atom. The first-order valence-corrected chi connectivity index (χ1v) is 13.7. The highest BCUT2D eigenvalue weighted by molar-refractivity contribution is 8.15. The van der Waals surface area contributed by atoms with Gasteiger partial charge in [0.05, 0.1) is 28.4 Å². The minimum absolute atomic E-state index is 0.0114. The fraction of sp³-hybridized carbons (Fsp3) is 0.179. The van der Waals surface area contributed by atoms with Crippen LogP contribution in [0.25, 0.3) is 17.1 Å².